The van der Waals surface area contributed by atoms with Gasteiger partial charge in [-0.05, 0) is 37.5 Å². The smallest absolute Gasteiger partial charge is 0.255 e. The predicted octanol–water partition coefficient (Wildman–Crippen LogP) is 3.69. The van der Waals surface area contributed by atoms with Crippen LogP contribution in [0.5, 0.6) is 0 Å². The third-order valence-electron chi connectivity index (χ3n) is 3.16. The fourth-order valence-corrected chi connectivity index (χ4v) is 1.95. The van der Waals surface area contributed by atoms with Crippen LogP contribution in [-0.4, -0.2) is 30.9 Å². The van der Waals surface area contributed by atoms with E-state index in [0.29, 0.717) is 0 Å². The lowest BCUT2D eigenvalue weighted by molar-refractivity contribution is 0.0794. The zero-order valence-corrected chi connectivity index (χ0v) is 12.6. The molecule has 0 aromatic heterocycles. The van der Waals surface area contributed by atoms with Crippen LogP contribution in [-0.2, 0) is 0 Å². The van der Waals surface area contributed by atoms with Gasteiger partial charge in [-0.2, -0.15) is 0 Å². The zero-order chi connectivity index (χ0) is 14.3. The quantitative estimate of drug-likeness (QED) is 0.813. The highest BCUT2D eigenvalue weighted by Crippen LogP contribution is 2.19. The predicted molar refractivity (Wildman–Crippen MR) is 81.8 cm³/mol. The molecule has 0 aliphatic carbocycles. The van der Waals surface area contributed by atoms with Crippen LogP contribution in [0.1, 0.15) is 49.0 Å². The van der Waals surface area contributed by atoms with Crippen LogP contribution in [0.25, 0.3) is 0 Å². The van der Waals surface area contributed by atoms with E-state index in [4.69, 9.17) is 0 Å². The lowest BCUT2D eigenvalue weighted by atomic mass is 10.1. The Labute approximate surface area is 117 Å². The number of carbonyl (C=O) groups excluding carboxylic acids is 1. The van der Waals surface area contributed by atoms with E-state index in [0.717, 1.165) is 43.6 Å². The van der Waals surface area contributed by atoms with Crippen LogP contribution in [0.15, 0.2) is 18.2 Å². The van der Waals surface area contributed by atoms with Crippen LogP contribution < -0.4 is 5.32 Å². The van der Waals surface area contributed by atoms with Crippen molar-refractivity contribution >= 4 is 11.6 Å². The Kier molecular flexibility index (Phi) is 6.40. The van der Waals surface area contributed by atoms with Crippen molar-refractivity contribution in [2.24, 2.45) is 0 Å². The molecule has 0 atom stereocenters. The Morgan fingerprint density at radius 2 is 2.00 bits per heavy atom. The molecule has 0 saturated heterocycles. The highest BCUT2D eigenvalue weighted by molar-refractivity contribution is 5.99. The van der Waals surface area contributed by atoms with Crippen LogP contribution in [0, 0.1) is 6.92 Å². The van der Waals surface area contributed by atoms with Gasteiger partial charge in [0.1, 0.15) is 0 Å². The van der Waals surface area contributed by atoms with Gasteiger partial charge >= 0.3 is 0 Å². The minimum Gasteiger partial charge on any atom is -0.384 e. The van der Waals surface area contributed by atoms with Gasteiger partial charge in [0.15, 0.2) is 0 Å². The summed E-state index contributed by atoms with van der Waals surface area (Å²) in [6, 6.07) is 5.98. The molecule has 0 unspecified atom stereocenters. The first-order valence-corrected chi connectivity index (χ1v) is 7.20. The highest BCUT2D eigenvalue weighted by Gasteiger charge is 2.15. The summed E-state index contributed by atoms with van der Waals surface area (Å²) in [6.45, 7) is 8.01. The first-order chi connectivity index (χ1) is 9.10. The maximum atomic E-state index is 12.4. The number of amides is 1. The summed E-state index contributed by atoms with van der Waals surface area (Å²) in [7, 11) is 1.88. The van der Waals surface area contributed by atoms with Crippen LogP contribution in [0.4, 0.5) is 5.69 Å². The second kappa shape index (κ2) is 7.82. The number of aryl methyl sites for hydroxylation is 1. The largest absolute Gasteiger partial charge is 0.384 e. The molecule has 0 fully saturated rings. The molecule has 106 valence electrons. The summed E-state index contributed by atoms with van der Waals surface area (Å²) in [5.41, 5.74) is 2.90. The Morgan fingerprint density at radius 3 is 2.63 bits per heavy atom. The van der Waals surface area contributed by atoms with Gasteiger partial charge in [0, 0.05) is 25.8 Å². The standard InChI is InChI=1S/C16H26N2O/c1-5-7-11-18(4)16(19)14-9-8-13(3)12-15(14)17-10-6-2/h8-9,12,17H,5-7,10-11H2,1-4H3. The Bertz CT molecular complexity index is 415. The van der Waals surface area contributed by atoms with Crippen LogP contribution >= 0.6 is 0 Å². The first-order valence-electron chi connectivity index (χ1n) is 7.20. The molecule has 1 aromatic carbocycles. The van der Waals surface area contributed by atoms with Crippen LogP contribution in [0.3, 0.4) is 0 Å². The van der Waals surface area contributed by atoms with Crippen molar-refractivity contribution in [1.29, 1.82) is 0 Å². The third-order valence-corrected chi connectivity index (χ3v) is 3.16. The minimum atomic E-state index is 0.104. The molecule has 0 radical (unpaired) electrons. The maximum Gasteiger partial charge on any atom is 0.255 e. The van der Waals surface area contributed by atoms with E-state index in [-0.39, 0.29) is 5.91 Å². The van der Waals surface area contributed by atoms with E-state index in [1.807, 2.05) is 31.0 Å². The van der Waals surface area contributed by atoms with E-state index in [2.05, 4.69) is 25.2 Å². The molecule has 0 saturated carbocycles. The van der Waals surface area contributed by atoms with Gasteiger partial charge in [0.25, 0.3) is 5.91 Å². The topological polar surface area (TPSA) is 32.3 Å². The molecule has 3 nitrogen and oxygen atoms in total. The van der Waals surface area contributed by atoms with E-state index >= 15 is 0 Å². The fourth-order valence-electron chi connectivity index (χ4n) is 1.95. The lowest BCUT2D eigenvalue weighted by Crippen LogP contribution is -2.28. The highest BCUT2D eigenvalue weighted by atomic mass is 16.2. The maximum absolute atomic E-state index is 12.4. The number of carbonyl (C=O) groups is 1. The SMILES string of the molecule is CCCCN(C)C(=O)c1ccc(C)cc1NCCC. The summed E-state index contributed by atoms with van der Waals surface area (Å²) in [5, 5.41) is 3.35. The van der Waals surface area contributed by atoms with E-state index in [1.54, 1.807) is 0 Å². The van der Waals surface area contributed by atoms with Crippen molar-refractivity contribution in [2.45, 2.75) is 40.0 Å². The minimum absolute atomic E-state index is 0.104. The van der Waals surface area contributed by atoms with Gasteiger partial charge in [-0.15, -0.1) is 0 Å². The van der Waals surface area contributed by atoms with Crippen molar-refractivity contribution < 1.29 is 4.79 Å². The second-order valence-electron chi connectivity index (χ2n) is 5.06. The van der Waals surface area contributed by atoms with Crippen molar-refractivity contribution in [3.63, 3.8) is 0 Å². The zero-order valence-electron chi connectivity index (χ0n) is 12.6. The average Bonchev–Trinajstić information content (AvgIpc) is 2.41. The molecule has 3 heteroatoms. The lowest BCUT2D eigenvalue weighted by Gasteiger charge is -2.19. The van der Waals surface area contributed by atoms with Crippen molar-refractivity contribution in [2.75, 3.05) is 25.5 Å². The van der Waals surface area contributed by atoms with Gasteiger partial charge in [0.2, 0.25) is 0 Å². The molecule has 0 aliphatic heterocycles. The number of nitrogens with one attached hydrogen (secondary N) is 1. The molecular weight excluding hydrogens is 236 g/mol. The van der Waals surface area contributed by atoms with Gasteiger partial charge in [-0.25, -0.2) is 0 Å². The molecule has 0 heterocycles. The third kappa shape index (κ3) is 4.58. The molecule has 0 aliphatic rings. The first kappa shape index (κ1) is 15.5. The summed E-state index contributed by atoms with van der Waals surface area (Å²) >= 11 is 0. The molecule has 1 aromatic rings. The monoisotopic (exact) mass is 262 g/mol. The molecule has 1 rings (SSSR count). The fraction of sp³-hybridized carbons (Fsp3) is 0.562. The van der Waals surface area contributed by atoms with Gasteiger partial charge < -0.3 is 10.2 Å². The number of hydrogen-bond donors (Lipinski definition) is 1. The Balaban J connectivity index is 2.88. The number of rotatable bonds is 7. The van der Waals surface area contributed by atoms with Gasteiger partial charge in [-0.3, -0.25) is 4.79 Å². The normalized spacial score (nSPS) is 10.3. The summed E-state index contributed by atoms with van der Waals surface area (Å²) < 4.78 is 0. The molecule has 19 heavy (non-hydrogen) atoms. The van der Waals surface area contributed by atoms with Crippen LogP contribution in [0.2, 0.25) is 0 Å². The summed E-state index contributed by atoms with van der Waals surface area (Å²) in [4.78, 5) is 14.2. The van der Waals surface area contributed by atoms with Crippen molar-refractivity contribution in [1.82, 2.24) is 4.90 Å². The number of anilines is 1. The molecule has 1 N–H and O–H groups in total. The van der Waals surface area contributed by atoms with Crippen molar-refractivity contribution in [3.05, 3.63) is 29.3 Å². The van der Waals surface area contributed by atoms with E-state index in [1.165, 1.54) is 5.56 Å². The van der Waals surface area contributed by atoms with E-state index in [9.17, 15) is 4.79 Å². The average molecular weight is 262 g/mol. The second-order valence-corrected chi connectivity index (χ2v) is 5.06. The molecule has 0 bridgehead atoms. The number of benzene rings is 1. The number of nitrogens with zero attached hydrogens (tertiary/aromatic N) is 1. The van der Waals surface area contributed by atoms with Crippen molar-refractivity contribution in [3.8, 4) is 0 Å². The van der Waals surface area contributed by atoms with Gasteiger partial charge in [0.05, 0.1) is 5.56 Å². The Morgan fingerprint density at radius 1 is 1.26 bits per heavy atom. The summed E-state index contributed by atoms with van der Waals surface area (Å²) in [5.74, 6) is 0.104. The van der Waals surface area contributed by atoms with Gasteiger partial charge in [-0.1, -0.05) is 26.3 Å². The molecule has 1 amide bonds. The molecule has 0 spiro atoms. The summed E-state index contributed by atoms with van der Waals surface area (Å²) in [6.07, 6.45) is 3.20. The number of hydrogen-bond acceptors (Lipinski definition) is 2. The number of unbranched alkanes of at least 4 members (excludes halogenated alkanes) is 1. The molecular formula is C16H26N2O. The van der Waals surface area contributed by atoms with E-state index < -0.39 is 0 Å². The Hall–Kier alpha value is -1.51.